The molecule has 1 unspecified atom stereocenters. The summed E-state index contributed by atoms with van der Waals surface area (Å²) in [6.07, 6.45) is 0. The number of benzene rings is 3. The Morgan fingerprint density at radius 3 is 2.12 bits per heavy atom. The molecule has 0 bridgehead atoms. The zero-order chi connectivity index (χ0) is 24.2. The van der Waals surface area contributed by atoms with Gasteiger partial charge in [-0.1, -0.05) is 44.2 Å². The van der Waals surface area contributed by atoms with Gasteiger partial charge in [-0.25, -0.2) is 0 Å². The molecule has 1 aromatic heterocycles. The third-order valence-electron chi connectivity index (χ3n) is 5.82. The van der Waals surface area contributed by atoms with Gasteiger partial charge in [0.05, 0.1) is 30.8 Å². The predicted molar refractivity (Wildman–Crippen MR) is 136 cm³/mol. The lowest BCUT2D eigenvalue weighted by molar-refractivity contribution is -0.122. The number of para-hydroxylation sites is 2. The number of hydrogen-bond donors (Lipinski definition) is 1. The van der Waals surface area contributed by atoms with E-state index in [1.54, 1.807) is 19.2 Å². The summed E-state index contributed by atoms with van der Waals surface area (Å²) in [5, 5.41) is 4.28. The van der Waals surface area contributed by atoms with Crippen molar-refractivity contribution >= 4 is 27.7 Å². The van der Waals surface area contributed by atoms with Crippen molar-refractivity contribution in [3.8, 4) is 11.5 Å². The number of carbonyl (C=O) groups is 1. The SMILES string of the molecule is COc1cc(C(C)NC(=O)Cn2c3ccccc3c(=O)c3ccccc32)ccc1OCC(C)C. The summed E-state index contributed by atoms with van der Waals surface area (Å²) in [5.74, 6) is 1.58. The molecule has 6 nitrogen and oxygen atoms in total. The monoisotopic (exact) mass is 458 g/mol. The molecule has 0 radical (unpaired) electrons. The number of nitrogens with zero attached hydrogens (tertiary/aromatic N) is 1. The number of methoxy groups -OCH3 is 1. The van der Waals surface area contributed by atoms with Gasteiger partial charge in [-0.05, 0) is 54.8 Å². The number of nitrogens with one attached hydrogen (secondary N) is 1. The van der Waals surface area contributed by atoms with Gasteiger partial charge in [-0.2, -0.15) is 0 Å². The molecule has 0 spiro atoms. The van der Waals surface area contributed by atoms with Crippen molar-refractivity contribution in [3.63, 3.8) is 0 Å². The van der Waals surface area contributed by atoms with Gasteiger partial charge >= 0.3 is 0 Å². The summed E-state index contributed by atoms with van der Waals surface area (Å²) >= 11 is 0. The molecule has 1 heterocycles. The highest BCUT2D eigenvalue weighted by atomic mass is 16.5. The van der Waals surface area contributed by atoms with E-state index in [0.29, 0.717) is 34.8 Å². The third kappa shape index (κ3) is 4.76. The Hall–Kier alpha value is -3.80. The van der Waals surface area contributed by atoms with Gasteiger partial charge in [0.2, 0.25) is 5.91 Å². The molecule has 0 aliphatic rings. The zero-order valence-corrected chi connectivity index (χ0v) is 20.0. The van der Waals surface area contributed by atoms with E-state index in [1.807, 2.05) is 66.1 Å². The van der Waals surface area contributed by atoms with Crippen LogP contribution < -0.4 is 20.2 Å². The minimum Gasteiger partial charge on any atom is -0.493 e. The molecule has 4 rings (SSSR count). The average Bonchev–Trinajstić information content (AvgIpc) is 2.85. The number of pyridine rings is 1. The van der Waals surface area contributed by atoms with E-state index in [1.165, 1.54) is 0 Å². The van der Waals surface area contributed by atoms with Crippen LogP contribution in [0.25, 0.3) is 21.8 Å². The molecule has 1 N–H and O–H groups in total. The Balaban J connectivity index is 1.58. The number of hydrogen-bond acceptors (Lipinski definition) is 4. The minimum atomic E-state index is -0.238. The maximum absolute atomic E-state index is 13.1. The highest BCUT2D eigenvalue weighted by molar-refractivity contribution is 5.94. The van der Waals surface area contributed by atoms with Crippen molar-refractivity contribution in [1.29, 1.82) is 0 Å². The van der Waals surface area contributed by atoms with Crippen molar-refractivity contribution in [3.05, 3.63) is 82.5 Å². The largest absolute Gasteiger partial charge is 0.493 e. The first-order valence-electron chi connectivity index (χ1n) is 11.5. The highest BCUT2D eigenvalue weighted by Crippen LogP contribution is 2.30. The van der Waals surface area contributed by atoms with Gasteiger partial charge in [0.1, 0.15) is 6.54 Å². The molecule has 1 amide bonds. The fourth-order valence-corrected chi connectivity index (χ4v) is 4.09. The van der Waals surface area contributed by atoms with Crippen LogP contribution in [0.4, 0.5) is 0 Å². The molecule has 0 fully saturated rings. The lowest BCUT2D eigenvalue weighted by atomic mass is 10.1. The van der Waals surface area contributed by atoms with Crippen LogP contribution in [0.2, 0.25) is 0 Å². The summed E-state index contributed by atoms with van der Waals surface area (Å²) in [4.78, 5) is 26.0. The van der Waals surface area contributed by atoms with Crippen LogP contribution in [0.5, 0.6) is 11.5 Å². The lowest BCUT2D eigenvalue weighted by Gasteiger charge is -2.19. The first-order valence-corrected chi connectivity index (χ1v) is 11.5. The van der Waals surface area contributed by atoms with Gasteiger partial charge in [-0.3, -0.25) is 9.59 Å². The molecule has 3 aromatic carbocycles. The minimum absolute atomic E-state index is 0.0249. The molecule has 6 heteroatoms. The van der Waals surface area contributed by atoms with Crippen LogP contribution in [-0.2, 0) is 11.3 Å². The van der Waals surface area contributed by atoms with E-state index in [2.05, 4.69) is 19.2 Å². The predicted octanol–water partition coefficient (Wildman–Crippen LogP) is 5.08. The maximum Gasteiger partial charge on any atom is 0.240 e. The first-order chi connectivity index (χ1) is 16.4. The number of aromatic nitrogens is 1. The Morgan fingerprint density at radius 2 is 1.53 bits per heavy atom. The Bertz CT molecular complexity index is 1330. The standard InChI is InChI=1S/C28H30N2O4/c1-18(2)17-34-25-14-13-20(15-26(25)33-4)19(3)29-27(31)16-30-23-11-7-5-9-21(23)28(32)22-10-6-8-12-24(22)30/h5-15,18-19H,16-17H2,1-4H3,(H,29,31). The van der Waals surface area contributed by atoms with E-state index < -0.39 is 0 Å². The molecule has 4 aromatic rings. The fraction of sp³-hybridized carbons (Fsp3) is 0.286. The summed E-state index contributed by atoms with van der Waals surface area (Å²) in [6.45, 7) is 6.81. The zero-order valence-electron chi connectivity index (χ0n) is 20.0. The number of rotatable bonds is 8. The van der Waals surface area contributed by atoms with Gasteiger partial charge in [-0.15, -0.1) is 0 Å². The Labute approximate surface area is 199 Å². The molecule has 0 saturated carbocycles. The normalized spacial score (nSPS) is 12.1. The van der Waals surface area contributed by atoms with Gasteiger partial charge in [0.25, 0.3) is 0 Å². The van der Waals surface area contributed by atoms with E-state index in [0.717, 1.165) is 16.6 Å². The van der Waals surface area contributed by atoms with Crippen molar-refractivity contribution in [1.82, 2.24) is 9.88 Å². The van der Waals surface area contributed by atoms with Crippen LogP contribution in [0, 0.1) is 5.92 Å². The summed E-state index contributed by atoms with van der Waals surface area (Å²) < 4.78 is 13.2. The molecule has 34 heavy (non-hydrogen) atoms. The van der Waals surface area contributed by atoms with Gasteiger partial charge in [0, 0.05) is 10.8 Å². The molecular formula is C28H30N2O4. The Kier molecular flexibility index (Phi) is 6.87. The quantitative estimate of drug-likeness (QED) is 0.374. The molecule has 0 aliphatic heterocycles. The van der Waals surface area contributed by atoms with E-state index >= 15 is 0 Å². The molecule has 176 valence electrons. The van der Waals surface area contributed by atoms with Gasteiger partial charge < -0.3 is 19.4 Å². The van der Waals surface area contributed by atoms with Crippen molar-refractivity contribution in [2.45, 2.75) is 33.4 Å². The highest BCUT2D eigenvalue weighted by Gasteiger charge is 2.16. The maximum atomic E-state index is 13.1. The lowest BCUT2D eigenvalue weighted by Crippen LogP contribution is -2.30. The second-order valence-electron chi connectivity index (χ2n) is 8.85. The second kappa shape index (κ2) is 10.00. The van der Waals surface area contributed by atoms with Crippen LogP contribution in [-0.4, -0.2) is 24.2 Å². The third-order valence-corrected chi connectivity index (χ3v) is 5.82. The molecule has 0 aliphatic carbocycles. The number of ether oxygens (including phenoxy) is 2. The topological polar surface area (TPSA) is 69.6 Å². The molecular weight excluding hydrogens is 428 g/mol. The summed E-state index contributed by atoms with van der Waals surface area (Å²) in [5.41, 5.74) is 2.37. The van der Waals surface area contributed by atoms with Crippen molar-refractivity contribution < 1.29 is 14.3 Å². The molecule has 1 atom stereocenters. The second-order valence-corrected chi connectivity index (χ2v) is 8.85. The van der Waals surface area contributed by atoms with E-state index in [-0.39, 0.29) is 23.9 Å². The average molecular weight is 459 g/mol. The van der Waals surface area contributed by atoms with E-state index in [9.17, 15) is 9.59 Å². The summed E-state index contributed by atoms with van der Waals surface area (Å²) in [6, 6.07) is 20.3. The molecule has 0 saturated heterocycles. The van der Waals surface area contributed by atoms with Crippen LogP contribution in [0.3, 0.4) is 0 Å². The van der Waals surface area contributed by atoms with Crippen LogP contribution >= 0.6 is 0 Å². The van der Waals surface area contributed by atoms with Gasteiger partial charge in [0.15, 0.2) is 16.9 Å². The summed E-state index contributed by atoms with van der Waals surface area (Å²) in [7, 11) is 1.61. The van der Waals surface area contributed by atoms with Crippen LogP contribution in [0.15, 0.2) is 71.5 Å². The smallest absolute Gasteiger partial charge is 0.240 e. The first kappa shape index (κ1) is 23.4. The Morgan fingerprint density at radius 1 is 0.912 bits per heavy atom. The van der Waals surface area contributed by atoms with Crippen LogP contribution in [0.1, 0.15) is 32.4 Å². The number of carbonyl (C=O) groups excluding carboxylic acids is 1. The number of fused-ring (bicyclic) bond motifs is 2. The van der Waals surface area contributed by atoms with E-state index in [4.69, 9.17) is 9.47 Å². The number of amides is 1. The fourth-order valence-electron chi connectivity index (χ4n) is 4.09. The van der Waals surface area contributed by atoms with Crippen molar-refractivity contribution in [2.75, 3.05) is 13.7 Å². The van der Waals surface area contributed by atoms with Crippen molar-refractivity contribution in [2.24, 2.45) is 5.92 Å².